The van der Waals surface area contributed by atoms with Gasteiger partial charge in [0.1, 0.15) is 4.88 Å². The molecule has 1 rings (SSSR count). The third-order valence-corrected chi connectivity index (χ3v) is 2.61. The van der Waals surface area contributed by atoms with Crippen molar-refractivity contribution in [2.75, 3.05) is 13.1 Å². The largest absolute Gasteiger partial charge is 0.425 e. The third kappa shape index (κ3) is 3.28. The van der Waals surface area contributed by atoms with Gasteiger partial charge in [0.15, 0.2) is 0 Å². The summed E-state index contributed by atoms with van der Waals surface area (Å²) in [7, 11) is 0. The van der Waals surface area contributed by atoms with Crippen molar-refractivity contribution in [3.63, 3.8) is 0 Å². The average molecular weight is 224 g/mol. The van der Waals surface area contributed by atoms with Gasteiger partial charge in [0.2, 0.25) is 0 Å². The Balaban J connectivity index is 2.51. The van der Waals surface area contributed by atoms with E-state index in [1.165, 1.54) is 5.38 Å². The Morgan fingerprint density at radius 2 is 2.14 bits per heavy atom. The van der Waals surface area contributed by atoms with Gasteiger partial charge in [-0.3, -0.25) is 0 Å². The molecular formula is C8H11F3N2S. The Morgan fingerprint density at radius 3 is 2.64 bits per heavy atom. The van der Waals surface area contributed by atoms with Crippen LogP contribution in [0.3, 0.4) is 0 Å². The standard InChI is InChI=1S/C8H11F3N2S/c9-8(10,11)7-3-6(5-14-7)4-13-2-1-12/h3,5,13H,1-2,4,12H2. The van der Waals surface area contributed by atoms with E-state index in [1.54, 1.807) is 0 Å². The van der Waals surface area contributed by atoms with Crippen LogP contribution in [0.4, 0.5) is 13.2 Å². The maximum absolute atomic E-state index is 12.2. The molecule has 0 amide bonds. The van der Waals surface area contributed by atoms with E-state index in [1.807, 2.05) is 0 Å². The van der Waals surface area contributed by atoms with Crippen LogP contribution in [0, 0.1) is 0 Å². The first-order valence-corrected chi connectivity index (χ1v) is 4.97. The Morgan fingerprint density at radius 1 is 1.43 bits per heavy atom. The van der Waals surface area contributed by atoms with E-state index >= 15 is 0 Å². The summed E-state index contributed by atoms with van der Waals surface area (Å²) in [6, 6.07) is 1.16. The number of hydrogen-bond acceptors (Lipinski definition) is 3. The second-order valence-electron chi connectivity index (χ2n) is 2.78. The summed E-state index contributed by atoms with van der Waals surface area (Å²) in [6.45, 7) is 1.53. The molecule has 2 nitrogen and oxygen atoms in total. The van der Waals surface area contributed by atoms with Gasteiger partial charge >= 0.3 is 6.18 Å². The minimum absolute atomic E-state index is 0.434. The molecule has 80 valence electrons. The molecule has 14 heavy (non-hydrogen) atoms. The highest BCUT2D eigenvalue weighted by atomic mass is 32.1. The molecule has 0 aliphatic rings. The minimum Gasteiger partial charge on any atom is -0.329 e. The van der Waals surface area contributed by atoms with E-state index in [2.05, 4.69) is 5.32 Å². The van der Waals surface area contributed by atoms with E-state index in [9.17, 15) is 13.2 Å². The van der Waals surface area contributed by atoms with Gasteiger partial charge in [0.05, 0.1) is 0 Å². The third-order valence-electron chi connectivity index (χ3n) is 1.58. The number of hydrogen-bond donors (Lipinski definition) is 2. The van der Waals surface area contributed by atoms with Crippen LogP contribution in [0.5, 0.6) is 0 Å². The molecule has 0 saturated heterocycles. The lowest BCUT2D eigenvalue weighted by molar-refractivity contribution is -0.134. The number of rotatable bonds is 4. The van der Waals surface area contributed by atoms with Crippen molar-refractivity contribution in [1.82, 2.24) is 5.32 Å². The van der Waals surface area contributed by atoms with Gasteiger partial charge in [0.25, 0.3) is 0 Å². The summed E-state index contributed by atoms with van der Waals surface area (Å²) < 4.78 is 36.5. The normalized spacial score (nSPS) is 12.0. The molecule has 0 aromatic carbocycles. The first-order valence-electron chi connectivity index (χ1n) is 4.09. The number of alkyl halides is 3. The highest BCUT2D eigenvalue weighted by molar-refractivity contribution is 7.10. The number of halogens is 3. The molecule has 3 N–H and O–H groups in total. The van der Waals surface area contributed by atoms with Gasteiger partial charge in [-0.05, 0) is 17.0 Å². The number of thiophene rings is 1. The lowest BCUT2D eigenvalue weighted by Crippen LogP contribution is -2.21. The maximum Gasteiger partial charge on any atom is 0.425 e. The summed E-state index contributed by atoms with van der Waals surface area (Å²) in [5.74, 6) is 0. The van der Waals surface area contributed by atoms with Crippen LogP contribution in [-0.2, 0) is 12.7 Å². The van der Waals surface area contributed by atoms with Gasteiger partial charge in [-0.15, -0.1) is 11.3 Å². The van der Waals surface area contributed by atoms with Crippen LogP contribution in [0.25, 0.3) is 0 Å². The Kier molecular flexibility index (Phi) is 3.91. The van der Waals surface area contributed by atoms with Crippen molar-refractivity contribution < 1.29 is 13.2 Å². The van der Waals surface area contributed by atoms with E-state index in [0.717, 1.165) is 17.4 Å². The predicted molar refractivity (Wildman–Crippen MR) is 50.1 cm³/mol. The monoisotopic (exact) mass is 224 g/mol. The fraction of sp³-hybridized carbons (Fsp3) is 0.500. The van der Waals surface area contributed by atoms with Crippen LogP contribution in [0.15, 0.2) is 11.4 Å². The number of nitrogens with two attached hydrogens (primary N) is 1. The summed E-state index contributed by atoms with van der Waals surface area (Å²) in [5.41, 5.74) is 5.88. The van der Waals surface area contributed by atoms with Crippen molar-refractivity contribution >= 4 is 11.3 Å². The highest BCUT2D eigenvalue weighted by Crippen LogP contribution is 2.33. The molecule has 0 spiro atoms. The second kappa shape index (κ2) is 4.77. The molecule has 0 aliphatic carbocycles. The van der Waals surface area contributed by atoms with E-state index in [-0.39, 0.29) is 0 Å². The van der Waals surface area contributed by atoms with Gasteiger partial charge in [-0.1, -0.05) is 0 Å². The van der Waals surface area contributed by atoms with Crippen LogP contribution < -0.4 is 11.1 Å². The maximum atomic E-state index is 12.2. The molecule has 1 aromatic rings. The second-order valence-corrected chi connectivity index (χ2v) is 3.69. The van der Waals surface area contributed by atoms with Crippen LogP contribution >= 0.6 is 11.3 Å². The first kappa shape index (κ1) is 11.5. The lowest BCUT2D eigenvalue weighted by Gasteiger charge is -2.01. The summed E-state index contributed by atoms with van der Waals surface area (Å²) in [5, 5.41) is 4.44. The summed E-state index contributed by atoms with van der Waals surface area (Å²) in [4.78, 5) is -0.554. The average Bonchev–Trinajstić information content (AvgIpc) is 2.52. The van der Waals surface area contributed by atoms with Crippen molar-refractivity contribution in [1.29, 1.82) is 0 Å². The Bertz CT molecular complexity index is 282. The topological polar surface area (TPSA) is 38.0 Å². The van der Waals surface area contributed by atoms with Gasteiger partial charge < -0.3 is 11.1 Å². The van der Waals surface area contributed by atoms with E-state index in [0.29, 0.717) is 25.2 Å². The molecule has 0 radical (unpaired) electrons. The SMILES string of the molecule is NCCNCc1csc(C(F)(F)F)c1. The first-order chi connectivity index (χ1) is 6.54. The molecule has 1 heterocycles. The minimum atomic E-state index is -4.23. The van der Waals surface area contributed by atoms with E-state index < -0.39 is 11.1 Å². The molecule has 0 atom stereocenters. The Labute approximate surface area is 83.9 Å². The quantitative estimate of drug-likeness (QED) is 0.765. The molecule has 0 fully saturated rings. The van der Waals surface area contributed by atoms with Crippen molar-refractivity contribution in [2.45, 2.75) is 12.7 Å². The van der Waals surface area contributed by atoms with Gasteiger partial charge in [0, 0.05) is 19.6 Å². The van der Waals surface area contributed by atoms with Crippen LogP contribution in [0.1, 0.15) is 10.4 Å². The lowest BCUT2D eigenvalue weighted by atomic mass is 10.3. The van der Waals surface area contributed by atoms with Crippen molar-refractivity contribution in [3.8, 4) is 0 Å². The van der Waals surface area contributed by atoms with Crippen molar-refractivity contribution in [3.05, 3.63) is 21.9 Å². The van der Waals surface area contributed by atoms with Crippen LogP contribution in [-0.4, -0.2) is 13.1 Å². The molecule has 0 bridgehead atoms. The highest BCUT2D eigenvalue weighted by Gasteiger charge is 2.32. The van der Waals surface area contributed by atoms with Crippen molar-refractivity contribution in [2.24, 2.45) is 5.73 Å². The fourth-order valence-corrected chi connectivity index (χ4v) is 1.73. The zero-order valence-electron chi connectivity index (χ0n) is 7.40. The van der Waals surface area contributed by atoms with E-state index in [4.69, 9.17) is 5.73 Å². The number of nitrogens with one attached hydrogen (secondary N) is 1. The van der Waals surface area contributed by atoms with Gasteiger partial charge in [-0.2, -0.15) is 13.2 Å². The fourth-order valence-electron chi connectivity index (χ4n) is 0.952. The zero-order valence-corrected chi connectivity index (χ0v) is 8.21. The zero-order chi connectivity index (χ0) is 10.6. The molecule has 0 saturated carbocycles. The molecule has 0 aliphatic heterocycles. The smallest absolute Gasteiger partial charge is 0.329 e. The summed E-state index contributed by atoms with van der Waals surface area (Å²) >= 11 is 0.718. The molecular weight excluding hydrogens is 213 g/mol. The predicted octanol–water partition coefficient (Wildman–Crippen LogP) is 1.82. The molecule has 6 heteroatoms. The van der Waals surface area contributed by atoms with Crippen LogP contribution in [0.2, 0.25) is 0 Å². The molecule has 1 aromatic heterocycles. The molecule has 0 unspecified atom stereocenters. The van der Waals surface area contributed by atoms with Gasteiger partial charge in [-0.25, -0.2) is 0 Å². The summed E-state index contributed by atoms with van der Waals surface area (Å²) in [6.07, 6.45) is -4.23. The Hall–Kier alpha value is -0.590.